The largest absolute Gasteiger partial charge is 0.396 e. The second-order valence-corrected chi connectivity index (χ2v) is 4.45. The van der Waals surface area contributed by atoms with Gasteiger partial charge >= 0.3 is 0 Å². The third-order valence-electron chi connectivity index (χ3n) is 2.26. The molecule has 0 spiro atoms. The number of halogens is 1. The molecule has 0 aliphatic rings. The number of carbonyl (C=O) groups excluding carboxylic acids is 1. The van der Waals surface area contributed by atoms with Crippen molar-refractivity contribution in [1.82, 2.24) is 9.78 Å². The molecule has 0 aliphatic carbocycles. The molecule has 0 bridgehead atoms. The van der Waals surface area contributed by atoms with Crippen molar-refractivity contribution in [2.45, 2.75) is 0 Å². The minimum Gasteiger partial charge on any atom is -0.396 e. The molecule has 5 nitrogen and oxygen atoms in total. The molecule has 0 saturated carbocycles. The number of carbonyl (C=O) groups is 1. The van der Waals surface area contributed by atoms with Crippen molar-refractivity contribution in [3.8, 4) is 0 Å². The van der Waals surface area contributed by atoms with Gasteiger partial charge in [0.05, 0.1) is 11.9 Å². The van der Waals surface area contributed by atoms with Gasteiger partial charge in [0.25, 0.3) is 5.91 Å². The molecule has 1 aromatic carbocycles. The van der Waals surface area contributed by atoms with E-state index in [1.807, 2.05) is 18.2 Å². The topological polar surface area (TPSA) is 72.9 Å². The summed E-state index contributed by atoms with van der Waals surface area (Å²) < 4.78 is 2.34. The molecule has 1 aromatic heterocycles. The minimum absolute atomic E-state index is 0.277. The van der Waals surface area contributed by atoms with E-state index < -0.39 is 0 Å². The quantitative estimate of drug-likeness (QED) is 0.890. The molecular weight excluding hydrogens is 284 g/mol. The Morgan fingerprint density at radius 2 is 2.29 bits per heavy atom. The van der Waals surface area contributed by atoms with Crippen LogP contribution in [0.3, 0.4) is 0 Å². The lowest BCUT2D eigenvalue weighted by Gasteiger charge is -2.06. The molecule has 3 N–H and O–H groups in total. The van der Waals surface area contributed by atoms with Crippen LogP contribution in [0.25, 0.3) is 0 Å². The fourth-order valence-electron chi connectivity index (χ4n) is 1.49. The van der Waals surface area contributed by atoms with Crippen molar-refractivity contribution >= 4 is 33.2 Å². The normalized spacial score (nSPS) is 10.2. The first kappa shape index (κ1) is 11.7. The highest BCUT2D eigenvalue weighted by Gasteiger charge is 2.14. The first-order valence-electron chi connectivity index (χ1n) is 4.92. The zero-order chi connectivity index (χ0) is 12.4. The van der Waals surface area contributed by atoms with E-state index in [1.165, 1.54) is 10.9 Å². The zero-order valence-electron chi connectivity index (χ0n) is 9.14. The summed E-state index contributed by atoms with van der Waals surface area (Å²) in [6, 6.07) is 7.33. The van der Waals surface area contributed by atoms with Crippen LogP contribution in [0, 0.1) is 0 Å². The molecule has 2 rings (SSSR count). The Bertz CT molecular complexity index is 545. The Kier molecular flexibility index (Phi) is 3.14. The van der Waals surface area contributed by atoms with E-state index in [2.05, 4.69) is 26.3 Å². The molecule has 17 heavy (non-hydrogen) atoms. The molecule has 2 aromatic rings. The van der Waals surface area contributed by atoms with Crippen LogP contribution in [0.15, 0.2) is 34.9 Å². The summed E-state index contributed by atoms with van der Waals surface area (Å²) in [7, 11) is 1.67. The molecule has 1 amide bonds. The maximum absolute atomic E-state index is 12.0. The third-order valence-corrected chi connectivity index (χ3v) is 2.76. The molecule has 0 aliphatic heterocycles. The standard InChI is InChI=1S/C11H11BrN4O/c1-16-10(9(13)6-14-16)11(17)15-8-4-2-3-7(12)5-8/h2-6H,13H2,1H3,(H,15,17). The van der Waals surface area contributed by atoms with E-state index in [4.69, 9.17) is 5.73 Å². The van der Waals surface area contributed by atoms with Gasteiger partial charge < -0.3 is 11.1 Å². The maximum atomic E-state index is 12.0. The van der Waals surface area contributed by atoms with Crippen LogP contribution < -0.4 is 11.1 Å². The maximum Gasteiger partial charge on any atom is 0.276 e. The number of nitrogens with two attached hydrogens (primary N) is 1. The highest BCUT2D eigenvalue weighted by Crippen LogP contribution is 2.17. The van der Waals surface area contributed by atoms with E-state index in [0.29, 0.717) is 17.1 Å². The van der Waals surface area contributed by atoms with Gasteiger partial charge in [0.2, 0.25) is 0 Å². The lowest BCUT2D eigenvalue weighted by molar-refractivity contribution is 0.101. The summed E-state index contributed by atoms with van der Waals surface area (Å²) in [5, 5.41) is 6.68. The minimum atomic E-state index is -0.277. The summed E-state index contributed by atoms with van der Waals surface area (Å²) >= 11 is 3.34. The molecule has 6 heteroatoms. The van der Waals surface area contributed by atoms with Gasteiger partial charge in [-0.05, 0) is 18.2 Å². The molecule has 0 saturated heterocycles. The zero-order valence-corrected chi connectivity index (χ0v) is 10.7. The van der Waals surface area contributed by atoms with E-state index in [0.717, 1.165) is 4.47 Å². The number of hydrogen-bond donors (Lipinski definition) is 2. The number of aryl methyl sites for hydroxylation is 1. The van der Waals surface area contributed by atoms with Gasteiger partial charge in [-0.1, -0.05) is 22.0 Å². The Labute approximate surface area is 107 Å². The monoisotopic (exact) mass is 294 g/mol. The van der Waals surface area contributed by atoms with Gasteiger partial charge in [-0.2, -0.15) is 5.10 Å². The smallest absolute Gasteiger partial charge is 0.276 e. The second-order valence-electron chi connectivity index (χ2n) is 3.54. The van der Waals surface area contributed by atoms with Gasteiger partial charge in [0, 0.05) is 17.2 Å². The van der Waals surface area contributed by atoms with Crippen molar-refractivity contribution in [2.24, 2.45) is 7.05 Å². The third kappa shape index (κ3) is 2.47. The second kappa shape index (κ2) is 4.58. The van der Waals surface area contributed by atoms with Crippen LogP contribution in [-0.2, 0) is 7.05 Å². The molecule has 0 atom stereocenters. The van der Waals surface area contributed by atoms with Crippen LogP contribution in [0.5, 0.6) is 0 Å². The highest BCUT2D eigenvalue weighted by molar-refractivity contribution is 9.10. The van der Waals surface area contributed by atoms with Crippen LogP contribution in [0.4, 0.5) is 11.4 Å². The number of amides is 1. The van der Waals surface area contributed by atoms with Gasteiger partial charge in [-0.3, -0.25) is 9.48 Å². The summed E-state index contributed by atoms with van der Waals surface area (Å²) in [6.45, 7) is 0. The van der Waals surface area contributed by atoms with Gasteiger partial charge in [0.1, 0.15) is 5.69 Å². The van der Waals surface area contributed by atoms with Crippen molar-refractivity contribution < 1.29 is 4.79 Å². The average molecular weight is 295 g/mol. The van der Waals surface area contributed by atoms with Crippen molar-refractivity contribution in [2.75, 3.05) is 11.1 Å². The Balaban J connectivity index is 2.23. The van der Waals surface area contributed by atoms with Gasteiger partial charge in [-0.25, -0.2) is 0 Å². The number of nitrogen functional groups attached to an aromatic ring is 1. The summed E-state index contributed by atoms with van der Waals surface area (Å²) in [5.41, 5.74) is 7.08. The number of rotatable bonds is 2. The lowest BCUT2D eigenvalue weighted by Crippen LogP contribution is -2.17. The summed E-state index contributed by atoms with van der Waals surface area (Å²) in [5.74, 6) is -0.277. The molecule has 88 valence electrons. The molecule has 1 heterocycles. The van der Waals surface area contributed by atoms with Crippen molar-refractivity contribution in [3.63, 3.8) is 0 Å². The highest BCUT2D eigenvalue weighted by atomic mass is 79.9. The van der Waals surface area contributed by atoms with Crippen LogP contribution in [0.2, 0.25) is 0 Å². The summed E-state index contributed by atoms with van der Waals surface area (Å²) in [6.07, 6.45) is 1.45. The van der Waals surface area contributed by atoms with Crippen LogP contribution in [0.1, 0.15) is 10.5 Å². The first-order chi connectivity index (χ1) is 8.08. The predicted octanol–water partition coefficient (Wildman–Crippen LogP) is 2.02. The first-order valence-corrected chi connectivity index (χ1v) is 5.71. The number of nitrogens with zero attached hydrogens (tertiary/aromatic N) is 2. The number of nitrogens with one attached hydrogen (secondary N) is 1. The lowest BCUT2D eigenvalue weighted by atomic mass is 10.3. The Morgan fingerprint density at radius 3 is 2.88 bits per heavy atom. The van der Waals surface area contributed by atoms with E-state index >= 15 is 0 Å². The molecule has 0 unspecified atom stereocenters. The molecular formula is C11H11BrN4O. The van der Waals surface area contributed by atoms with Gasteiger partial charge in [0.15, 0.2) is 0 Å². The van der Waals surface area contributed by atoms with Crippen LogP contribution in [-0.4, -0.2) is 15.7 Å². The van der Waals surface area contributed by atoms with E-state index in [1.54, 1.807) is 13.1 Å². The Hall–Kier alpha value is -1.82. The Morgan fingerprint density at radius 1 is 1.53 bits per heavy atom. The number of aromatic nitrogens is 2. The molecule has 0 radical (unpaired) electrons. The fraction of sp³-hybridized carbons (Fsp3) is 0.0909. The number of benzene rings is 1. The predicted molar refractivity (Wildman–Crippen MR) is 69.7 cm³/mol. The fourth-order valence-corrected chi connectivity index (χ4v) is 1.89. The van der Waals surface area contributed by atoms with E-state index in [9.17, 15) is 4.79 Å². The van der Waals surface area contributed by atoms with Gasteiger partial charge in [-0.15, -0.1) is 0 Å². The van der Waals surface area contributed by atoms with Crippen LogP contribution >= 0.6 is 15.9 Å². The SMILES string of the molecule is Cn1ncc(N)c1C(=O)Nc1cccc(Br)c1. The summed E-state index contributed by atoms with van der Waals surface area (Å²) in [4.78, 5) is 12.0. The molecule has 0 fully saturated rings. The van der Waals surface area contributed by atoms with Crippen molar-refractivity contribution in [3.05, 3.63) is 40.6 Å². The van der Waals surface area contributed by atoms with Crippen molar-refractivity contribution in [1.29, 1.82) is 0 Å². The van der Waals surface area contributed by atoms with E-state index in [-0.39, 0.29) is 5.91 Å². The average Bonchev–Trinajstić information content (AvgIpc) is 2.58. The number of anilines is 2. The number of hydrogen-bond acceptors (Lipinski definition) is 3.